The van der Waals surface area contributed by atoms with E-state index in [1.165, 1.54) is 18.2 Å². The number of aromatic nitrogens is 1. The van der Waals surface area contributed by atoms with Crippen molar-refractivity contribution in [3.8, 4) is 0 Å². The van der Waals surface area contributed by atoms with E-state index < -0.39 is 11.6 Å². The van der Waals surface area contributed by atoms with Gasteiger partial charge in [-0.05, 0) is 30.7 Å². The number of benzene rings is 1. The van der Waals surface area contributed by atoms with E-state index >= 15 is 0 Å². The van der Waals surface area contributed by atoms with Gasteiger partial charge in [0.15, 0.2) is 0 Å². The van der Waals surface area contributed by atoms with Gasteiger partial charge in [-0.25, -0.2) is 8.78 Å². The fraction of sp³-hybridized carbons (Fsp3) is 0.154. The van der Waals surface area contributed by atoms with E-state index in [9.17, 15) is 8.78 Å². The molecule has 0 spiro atoms. The first-order valence-corrected chi connectivity index (χ1v) is 5.26. The molecule has 0 unspecified atom stereocenters. The molecule has 0 aliphatic heterocycles. The van der Waals surface area contributed by atoms with Crippen molar-refractivity contribution in [3.63, 3.8) is 0 Å². The molecule has 0 radical (unpaired) electrons. The van der Waals surface area contributed by atoms with Crippen LogP contribution in [0.3, 0.4) is 0 Å². The highest BCUT2D eigenvalue weighted by Gasteiger charge is 2.07. The zero-order valence-corrected chi connectivity index (χ0v) is 9.37. The van der Waals surface area contributed by atoms with Gasteiger partial charge in [-0.1, -0.05) is 12.1 Å². The van der Waals surface area contributed by atoms with Crippen LogP contribution in [0.25, 0.3) is 0 Å². The molecule has 2 aromatic rings. The topological polar surface area (TPSA) is 24.9 Å². The Morgan fingerprint density at radius 3 is 2.41 bits per heavy atom. The van der Waals surface area contributed by atoms with Crippen molar-refractivity contribution in [3.05, 3.63) is 59.4 Å². The van der Waals surface area contributed by atoms with Crippen molar-refractivity contribution in [1.82, 2.24) is 4.98 Å². The number of pyridine rings is 1. The number of para-hydroxylation sites is 1. The fourth-order valence-electron chi connectivity index (χ4n) is 1.46. The number of anilines is 1. The molecule has 0 saturated carbocycles. The van der Waals surface area contributed by atoms with E-state index in [4.69, 9.17) is 0 Å². The van der Waals surface area contributed by atoms with Crippen LogP contribution in [0.5, 0.6) is 0 Å². The largest absolute Gasteiger partial charge is 0.376 e. The molecule has 0 aliphatic rings. The van der Waals surface area contributed by atoms with E-state index in [0.717, 1.165) is 11.3 Å². The Morgan fingerprint density at radius 1 is 1.12 bits per heavy atom. The second-order valence-electron chi connectivity index (χ2n) is 3.76. The van der Waals surface area contributed by atoms with Crippen LogP contribution < -0.4 is 5.32 Å². The molecule has 1 aromatic carbocycles. The van der Waals surface area contributed by atoms with Gasteiger partial charge in [0.1, 0.15) is 17.3 Å². The number of hydrogen-bond acceptors (Lipinski definition) is 2. The van der Waals surface area contributed by atoms with E-state index in [1.54, 1.807) is 6.20 Å². The second-order valence-corrected chi connectivity index (χ2v) is 3.76. The first-order chi connectivity index (χ1) is 8.16. The lowest BCUT2D eigenvalue weighted by molar-refractivity contribution is 0.588. The molecule has 1 heterocycles. The Labute approximate surface area is 98.3 Å². The minimum absolute atomic E-state index is 0.104. The van der Waals surface area contributed by atoms with Gasteiger partial charge in [-0.2, -0.15) is 0 Å². The molecule has 1 N–H and O–H groups in total. The summed E-state index contributed by atoms with van der Waals surface area (Å²) in [5.74, 6) is -1.19. The molecular formula is C13H12F2N2. The fourth-order valence-corrected chi connectivity index (χ4v) is 1.46. The molecule has 0 aliphatic carbocycles. The summed E-state index contributed by atoms with van der Waals surface area (Å²) in [5.41, 5.74) is 1.68. The standard InChI is InChI=1S/C13H12F2N2/c1-9-5-6-10(7-16-9)8-17-13-11(14)3-2-4-12(13)15/h2-7,17H,8H2,1H3. The van der Waals surface area contributed by atoms with Crippen molar-refractivity contribution in [2.45, 2.75) is 13.5 Å². The van der Waals surface area contributed by atoms with Crippen LogP contribution in [0.1, 0.15) is 11.3 Å². The summed E-state index contributed by atoms with van der Waals surface area (Å²) in [5, 5.41) is 2.73. The van der Waals surface area contributed by atoms with Crippen molar-refractivity contribution >= 4 is 5.69 Å². The third-order valence-corrected chi connectivity index (χ3v) is 2.40. The molecule has 0 amide bonds. The molecule has 0 saturated heterocycles. The van der Waals surface area contributed by atoms with Crippen LogP contribution in [0, 0.1) is 18.6 Å². The van der Waals surface area contributed by atoms with E-state index in [-0.39, 0.29) is 5.69 Å². The predicted octanol–water partition coefficient (Wildman–Crippen LogP) is 3.28. The van der Waals surface area contributed by atoms with Gasteiger partial charge >= 0.3 is 0 Å². The van der Waals surface area contributed by atoms with Crippen LogP contribution in [0.4, 0.5) is 14.5 Å². The number of nitrogens with one attached hydrogen (secondary N) is 1. The van der Waals surface area contributed by atoms with Gasteiger partial charge in [0.25, 0.3) is 0 Å². The van der Waals surface area contributed by atoms with Crippen molar-refractivity contribution in [1.29, 1.82) is 0 Å². The van der Waals surface area contributed by atoms with Crippen LogP contribution >= 0.6 is 0 Å². The highest BCUT2D eigenvalue weighted by Crippen LogP contribution is 2.18. The Bertz CT molecular complexity index is 489. The minimum Gasteiger partial charge on any atom is -0.376 e. The monoisotopic (exact) mass is 234 g/mol. The summed E-state index contributed by atoms with van der Waals surface area (Å²) < 4.78 is 26.6. The van der Waals surface area contributed by atoms with Crippen LogP contribution in [0.2, 0.25) is 0 Å². The summed E-state index contributed by atoms with van der Waals surface area (Å²) in [6, 6.07) is 7.50. The molecule has 2 nitrogen and oxygen atoms in total. The second kappa shape index (κ2) is 4.91. The Kier molecular flexibility index (Phi) is 3.32. The first-order valence-electron chi connectivity index (χ1n) is 5.26. The number of rotatable bonds is 3. The third kappa shape index (κ3) is 2.78. The summed E-state index contributed by atoms with van der Waals surface area (Å²) in [6.45, 7) is 2.22. The van der Waals surface area contributed by atoms with E-state index in [1.807, 2.05) is 19.1 Å². The number of halogens is 2. The molecule has 1 aromatic heterocycles. The predicted molar refractivity (Wildman–Crippen MR) is 62.7 cm³/mol. The molecule has 0 fully saturated rings. The lowest BCUT2D eigenvalue weighted by Crippen LogP contribution is -2.04. The number of nitrogens with zero attached hydrogens (tertiary/aromatic N) is 1. The Balaban J connectivity index is 2.10. The third-order valence-electron chi connectivity index (χ3n) is 2.40. The normalized spacial score (nSPS) is 10.3. The van der Waals surface area contributed by atoms with E-state index in [0.29, 0.717) is 6.54 Å². The average Bonchev–Trinajstić information content (AvgIpc) is 2.31. The first kappa shape index (κ1) is 11.5. The van der Waals surface area contributed by atoms with Crippen LogP contribution in [0.15, 0.2) is 36.5 Å². The van der Waals surface area contributed by atoms with Gasteiger partial charge in [-0.15, -0.1) is 0 Å². The molecular weight excluding hydrogens is 222 g/mol. The van der Waals surface area contributed by atoms with Crippen LogP contribution in [-0.4, -0.2) is 4.98 Å². The zero-order chi connectivity index (χ0) is 12.3. The Morgan fingerprint density at radius 2 is 1.82 bits per heavy atom. The summed E-state index contributed by atoms with van der Waals surface area (Å²) in [7, 11) is 0. The highest BCUT2D eigenvalue weighted by molar-refractivity contribution is 5.46. The molecule has 88 valence electrons. The quantitative estimate of drug-likeness (QED) is 0.881. The lowest BCUT2D eigenvalue weighted by Gasteiger charge is -2.08. The summed E-state index contributed by atoms with van der Waals surface area (Å²) in [4.78, 5) is 4.11. The van der Waals surface area contributed by atoms with Crippen molar-refractivity contribution in [2.75, 3.05) is 5.32 Å². The molecule has 4 heteroatoms. The van der Waals surface area contributed by atoms with Gasteiger partial charge < -0.3 is 5.32 Å². The highest BCUT2D eigenvalue weighted by atomic mass is 19.1. The maximum Gasteiger partial charge on any atom is 0.149 e. The maximum atomic E-state index is 13.3. The molecule has 0 atom stereocenters. The van der Waals surface area contributed by atoms with Crippen LogP contribution in [-0.2, 0) is 6.54 Å². The maximum absolute atomic E-state index is 13.3. The van der Waals surface area contributed by atoms with E-state index in [2.05, 4.69) is 10.3 Å². The minimum atomic E-state index is -0.593. The van der Waals surface area contributed by atoms with Gasteiger partial charge in [-0.3, -0.25) is 4.98 Å². The molecule has 0 bridgehead atoms. The molecule has 2 rings (SSSR count). The van der Waals surface area contributed by atoms with Crippen molar-refractivity contribution in [2.24, 2.45) is 0 Å². The Hall–Kier alpha value is -1.97. The lowest BCUT2D eigenvalue weighted by atomic mass is 10.2. The SMILES string of the molecule is Cc1ccc(CNc2c(F)cccc2F)cn1. The molecule has 17 heavy (non-hydrogen) atoms. The average molecular weight is 234 g/mol. The van der Waals surface area contributed by atoms with Gasteiger partial charge in [0, 0.05) is 18.4 Å². The van der Waals surface area contributed by atoms with Crippen molar-refractivity contribution < 1.29 is 8.78 Å². The summed E-state index contributed by atoms with van der Waals surface area (Å²) >= 11 is 0. The van der Waals surface area contributed by atoms with Gasteiger partial charge in [0.05, 0.1) is 0 Å². The number of aryl methyl sites for hydroxylation is 1. The zero-order valence-electron chi connectivity index (χ0n) is 9.37. The smallest absolute Gasteiger partial charge is 0.149 e. The number of hydrogen-bond donors (Lipinski definition) is 1. The van der Waals surface area contributed by atoms with Gasteiger partial charge in [0.2, 0.25) is 0 Å². The summed E-state index contributed by atoms with van der Waals surface area (Å²) in [6.07, 6.45) is 1.68.